The standard InChI is InChI=1S/C23H36N6O3/c1-6-29(7-2)14-13-24-21(30)20-16-26-19-15-17(9-10-18(19)28-20)27-22(31)25-12-11-23(4,5)32-8-3/h9-10,15-16H,6-8,11-14H2,1-5H3,(H,24,30)(H2,25,27,31). The second-order valence-electron chi connectivity index (χ2n) is 8.07. The Morgan fingerprint density at radius 2 is 1.81 bits per heavy atom. The molecule has 9 nitrogen and oxygen atoms in total. The van der Waals surface area contributed by atoms with E-state index in [4.69, 9.17) is 4.74 Å². The van der Waals surface area contributed by atoms with Crippen molar-refractivity contribution in [2.24, 2.45) is 0 Å². The summed E-state index contributed by atoms with van der Waals surface area (Å²) < 4.78 is 5.63. The molecular weight excluding hydrogens is 408 g/mol. The Morgan fingerprint density at radius 1 is 1.06 bits per heavy atom. The van der Waals surface area contributed by atoms with Crippen molar-refractivity contribution in [1.29, 1.82) is 0 Å². The first-order valence-electron chi connectivity index (χ1n) is 11.2. The lowest BCUT2D eigenvalue weighted by Gasteiger charge is -2.24. The van der Waals surface area contributed by atoms with Gasteiger partial charge in [-0.15, -0.1) is 0 Å². The lowest BCUT2D eigenvalue weighted by Crippen LogP contribution is -2.35. The topological polar surface area (TPSA) is 108 Å². The highest BCUT2D eigenvalue weighted by atomic mass is 16.5. The fraction of sp³-hybridized carbons (Fsp3) is 0.565. The molecule has 32 heavy (non-hydrogen) atoms. The first-order valence-corrected chi connectivity index (χ1v) is 11.2. The van der Waals surface area contributed by atoms with Gasteiger partial charge in [0.15, 0.2) is 0 Å². The lowest BCUT2D eigenvalue weighted by molar-refractivity contribution is -0.0150. The van der Waals surface area contributed by atoms with Gasteiger partial charge in [-0.05, 0) is 58.5 Å². The van der Waals surface area contributed by atoms with Gasteiger partial charge >= 0.3 is 6.03 Å². The normalized spacial score (nSPS) is 11.6. The van der Waals surface area contributed by atoms with Crippen LogP contribution in [0.2, 0.25) is 0 Å². The van der Waals surface area contributed by atoms with E-state index in [1.54, 1.807) is 18.2 Å². The van der Waals surface area contributed by atoms with E-state index in [0.717, 1.165) is 19.6 Å². The molecule has 2 aromatic rings. The Hall–Kier alpha value is -2.78. The summed E-state index contributed by atoms with van der Waals surface area (Å²) in [5, 5.41) is 8.51. The van der Waals surface area contributed by atoms with E-state index >= 15 is 0 Å². The first-order chi connectivity index (χ1) is 15.3. The van der Waals surface area contributed by atoms with E-state index in [-0.39, 0.29) is 23.2 Å². The highest BCUT2D eigenvalue weighted by molar-refractivity contribution is 5.95. The number of nitrogens with zero attached hydrogens (tertiary/aromatic N) is 3. The molecule has 0 aliphatic rings. The monoisotopic (exact) mass is 444 g/mol. The van der Waals surface area contributed by atoms with Crippen molar-refractivity contribution < 1.29 is 14.3 Å². The van der Waals surface area contributed by atoms with Crippen molar-refractivity contribution in [3.8, 4) is 0 Å². The van der Waals surface area contributed by atoms with Crippen molar-refractivity contribution in [2.75, 3.05) is 44.6 Å². The summed E-state index contributed by atoms with van der Waals surface area (Å²) in [6.45, 7) is 14.5. The summed E-state index contributed by atoms with van der Waals surface area (Å²) >= 11 is 0. The SMILES string of the molecule is CCOC(C)(C)CCNC(=O)Nc1ccc2nc(C(=O)NCCN(CC)CC)cnc2c1. The average molecular weight is 445 g/mol. The lowest BCUT2D eigenvalue weighted by atomic mass is 10.1. The number of hydrogen-bond acceptors (Lipinski definition) is 6. The van der Waals surface area contributed by atoms with E-state index in [1.165, 1.54) is 6.20 Å². The van der Waals surface area contributed by atoms with Gasteiger partial charge < -0.3 is 25.6 Å². The molecule has 176 valence electrons. The number of hydrogen-bond donors (Lipinski definition) is 3. The minimum atomic E-state index is -0.297. The van der Waals surface area contributed by atoms with Crippen LogP contribution in [0.3, 0.4) is 0 Å². The molecule has 0 spiro atoms. The number of urea groups is 1. The Labute approximate surface area is 190 Å². The molecular formula is C23H36N6O3. The molecule has 0 fully saturated rings. The van der Waals surface area contributed by atoms with Crippen molar-refractivity contribution >= 4 is 28.7 Å². The number of carbonyl (C=O) groups is 2. The molecule has 0 aliphatic heterocycles. The maximum Gasteiger partial charge on any atom is 0.319 e. The van der Waals surface area contributed by atoms with Gasteiger partial charge in [-0.1, -0.05) is 13.8 Å². The quantitative estimate of drug-likeness (QED) is 0.464. The van der Waals surface area contributed by atoms with Crippen LogP contribution >= 0.6 is 0 Å². The third kappa shape index (κ3) is 8.05. The number of ether oxygens (including phenoxy) is 1. The number of aromatic nitrogens is 2. The van der Waals surface area contributed by atoms with Gasteiger partial charge in [-0.25, -0.2) is 9.78 Å². The highest BCUT2D eigenvalue weighted by Crippen LogP contribution is 2.16. The Kier molecular flexibility index (Phi) is 9.80. The number of likely N-dealkylation sites (N-methyl/N-ethyl adjacent to an activating group) is 1. The van der Waals surface area contributed by atoms with Crippen LogP contribution in [0.15, 0.2) is 24.4 Å². The fourth-order valence-corrected chi connectivity index (χ4v) is 3.27. The van der Waals surface area contributed by atoms with Gasteiger partial charge in [-0.3, -0.25) is 9.78 Å². The molecule has 9 heteroatoms. The second-order valence-corrected chi connectivity index (χ2v) is 8.07. The molecule has 3 amide bonds. The molecule has 0 saturated heterocycles. The summed E-state index contributed by atoms with van der Waals surface area (Å²) in [5.74, 6) is -0.247. The van der Waals surface area contributed by atoms with Crippen molar-refractivity contribution in [1.82, 2.24) is 25.5 Å². The smallest absolute Gasteiger partial charge is 0.319 e. The molecule has 1 heterocycles. The predicted octanol–water partition coefficient (Wildman–Crippen LogP) is 3.03. The summed E-state index contributed by atoms with van der Waals surface area (Å²) in [4.78, 5) is 35.5. The summed E-state index contributed by atoms with van der Waals surface area (Å²) in [7, 11) is 0. The van der Waals surface area contributed by atoms with Crippen LogP contribution in [0.5, 0.6) is 0 Å². The summed E-state index contributed by atoms with van der Waals surface area (Å²) in [6.07, 6.45) is 2.16. The van der Waals surface area contributed by atoms with Gasteiger partial charge in [0.25, 0.3) is 5.91 Å². The Morgan fingerprint density at radius 3 is 2.50 bits per heavy atom. The minimum Gasteiger partial charge on any atom is -0.376 e. The number of benzene rings is 1. The van der Waals surface area contributed by atoms with Crippen molar-refractivity contribution in [3.63, 3.8) is 0 Å². The van der Waals surface area contributed by atoms with E-state index in [2.05, 4.69) is 44.7 Å². The minimum absolute atomic E-state index is 0.247. The van der Waals surface area contributed by atoms with Crippen LogP contribution in [0.4, 0.5) is 10.5 Å². The van der Waals surface area contributed by atoms with E-state index in [0.29, 0.717) is 42.8 Å². The van der Waals surface area contributed by atoms with Gasteiger partial charge in [0.2, 0.25) is 0 Å². The fourth-order valence-electron chi connectivity index (χ4n) is 3.27. The number of rotatable bonds is 12. The predicted molar refractivity (Wildman–Crippen MR) is 127 cm³/mol. The number of amides is 3. The van der Waals surface area contributed by atoms with E-state index in [1.807, 2.05) is 20.8 Å². The van der Waals surface area contributed by atoms with Crippen LogP contribution < -0.4 is 16.0 Å². The molecule has 0 radical (unpaired) electrons. The number of anilines is 1. The van der Waals surface area contributed by atoms with E-state index in [9.17, 15) is 9.59 Å². The second kappa shape index (κ2) is 12.3. The Balaban J connectivity index is 1.90. The molecule has 3 N–H and O–H groups in total. The molecule has 1 aromatic heterocycles. The molecule has 0 aliphatic carbocycles. The Bertz CT molecular complexity index is 898. The number of carbonyl (C=O) groups excluding carboxylic acids is 2. The van der Waals surface area contributed by atoms with Gasteiger partial charge in [0.1, 0.15) is 5.69 Å². The molecule has 0 atom stereocenters. The molecule has 1 aromatic carbocycles. The molecule has 2 rings (SSSR count). The highest BCUT2D eigenvalue weighted by Gasteiger charge is 2.17. The summed E-state index contributed by atoms with van der Waals surface area (Å²) in [5.41, 5.74) is 1.78. The van der Waals surface area contributed by atoms with Crippen molar-refractivity contribution in [2.45, 2.75) is 46.6 Å². The maximum atomic E-state index is 12.4. The van der Waals surface area contributed by atoms with Crippen LogP contribution in [0, 0.1) is 0 Å². The third-order valence-corrected chi connectivity index (χ3v) is 5.19. The zero-order chi connectivity index (χ0) is 23.6. The van der Waals surface area contributed by atoms with Crippen molar-refractivity contribution in [3.05, 3.63) is 30.1 Å². The summed E-state index contributed by atoms with van der Waals surface area (Å²) in [6, 6.07) is 4.91. The third-order valence-electron chi connectivity index (χ3n) is 5.19. The largest absolute Gasteiger partial charge is 0.376 e. The number of fused-ring (bicyclic) bond motifs is 1. The van der Waals surface area contributed by atoms with Gasteiger partial charge in [-0.2, -0.15) is 0 Å². The molecule has 0 unspecified atom stereocenters. The van der Waals surface area contributed by atoms with Crippen LogP contribution in [-0.2, 0) is 4.74 Å². The molecule has 0 saturated carbocycles. The first kappa shape index (κ1) is 25.5. The zero-order valence-corrected chi connectivity index (χ0v) is 19.8. The number of nitrogens with one attached hydrogen (secondary N) is 3. The van der Waals surface area contributed by atoms with Crippen LogP contribution in [0.1, 0.15) is 51.5 Å². The van der Waals surface area contributed by atoms with Crippen LogP contribution in [0.25, 0.3) is 11.0 Å². The van der Waals surface area contributed by atoms with E-state index < -0.39 is 0 Å². The van der Waals surface area contributed by atoms with Gasteiger partial charge in [0.05, 0.1) is 22.8 Å². The average Bonchev–Trinajstić information content (AvgIpc) is 2.76. The maximum absolute atomic E-state index is 12.4. The molecule has 0 bridgehead atoms. The zero-order valence-electron chi connectivity index (χ0n) is 19.8. The van der Waals surface area contributed by atoms with Gasteiger partial charge in [0, 0.05) is 31.9 Å². The van der Waals surface area contributed by atoms with Crippen LogP contribution in [-0.4, -0.2) is 71.7 Å².